The molecule has 0 unspecified atom stereocenters. The zero-order valence-electron chi connectivity index (χ0n) is 15.6. The van der Waals surface area contributed by atoms with Gasteiger partial charge < -0.3 is 10.6 Å². The number of sulfonamides is 1. The Morgan fingerprint density at radius 1 is 0.900 bits per heavy atom. The first-order valence-corrected chi connectivity index (χ1v) is 12.0. The zero-order valence-corrected chi connectivity index (χ0v) is 19.6. The van der Waals surface area contributed by atoms with Crippen LogP contribution in [-0.4, -0.2) is 19.4 Å². The standard InChI is InChI=1S/C20H18Br2N4O3S/c21-18-2-1-3-19(22)17(18)13-30(28,29)26-16-6-4-15(5-7-16)25-20(27)24-12-14-8-10-23-11-9-14/h1-11,26H,12-13H2,(H2,24,25,27). The summed E-state index contributed by atoms with van der Waals surface area (Å²) in [5, 5.41) is 5.44. The van der Waals surface area contributed by atoms with E-state index in [0.29, 0.717) is 32.4 Å². The van der Waals surface area contributed by atoms with E-state index >= 15 is 0 Å². The minimum atomic E-state index is -3.62. The summed E-state index contributed by atoms with van der Waals surface area (Å²) < 4.78 is 29.0. The van der Waals surface area contributed by atoms with Crippen molar-refractivity contribution in [1.82, 2.24) is 10.3 Å². The quantitative estimate of drug-likeness (QED) is 0.388. The number of aromatic nitrogens is 1. The number of anilines is 2. The molecule has 156 valence electrons. The van der Waals surface area contributed by atoms with Crippen molar-refractivity contribution in [2.24, 2.45) is 0 Å². The third kappa shape index (κ3) is 6.54. The van der Waals surface area contributed by atoms with Crippen LogP contribution in [0, 0.1) is 0 Å². The summed E-state index contributed by atoms with van der Waals surface area (Å²) in [4.78, 5) is 15.9. The van der Waals surface area contributed by atoms with E-state index < -0.39 is 10.0 Å². The van der Waals surface area contributed by atoms with Crippen LogP contribution in [0.2, 0.25) is 0 Å². The molecule has 3 rings (SSSR count). The van der Waals surface area contributed by atoms with Gasteiger partial charge in [-0.15, -0.1) is 0 Å². The molecule has 0 aliphatic rings. The van der Waals surface area contributed by atoms with Crippen LogP contribution in [0.4, 0.5) is 16.2 Å². The lowest BCUT2D eigenvalue weighted by molar-refractivity contribution is 0.251. The largest absolute Gasteiger partial charge is 0.334 e. The van der Waals surface area contributed by atoms with Gasteiger partial charge in [-0.1, -0.05) is 37.9 Å². The number of hydrogen-bond donors (Lipinski definition) is 3. The van der Waals surface area contributed by atoms with Crippen LogP contribution in [0.5, 0.6) is 0 Å². The highest BCUT2D eigenvalue weighted by atomic mass is 79.9. The van der Waals surface area contributed by atoms with Crippen molar-refractivity contribution in [3.8, 4) is 0 Å². The number of carbonyl (C=O) groups is 1. The van der Waals surface area contributed by atoms with E-state index in [1.54, 1.807) is 48.8 Å². The highest BCUT2D eigenvalue weighted by Crippen LogP contribution is 2.27. The van der Waals surface area contributed by atoms with Crippen LogP contribution >= 0.6 is 31.9 Å². The predicted octanol–water partition coefficient (Wildman–Crippen LogP) is 4.87. The molecule has 1 aromatic heterocycles. The molecule has 30 heavy (non-hydrogen) atoms. The van der Waals surface area contributed by atoms with E-state index in [1.807, 2.05) is 18.2 Å². The number of benzene rings is 2. The fraction of sp³-hybridized carbons (Fsp3) is 0.100. The summed E-state index contributed by atoms with van der Waals surface area (Å²) in [6.07, 6.45) is 3.31. The molecule has 0 aliphatic heterocycles. The van der Waals surface area contributed by atoms with Gasteiger partial charge in [-0.2, -0.15) is 0 Å². The zero-order chi connectivity index (χ0) is 21.6. The minimum absolute atomic E-state index is 0.188. The topological polar surface area (TPSA) is 100 Å². The van der Waals surface area contributed by atoms with Gasteiger partial charge in [0.2, 0.25) is 10.0 Å². The van der Waals surface area contributed by atoms with Gasteiger partial charge in [-0.3, -0.25) is 9.71 Å². The maximum Gasteiger partial charge on any atom is 0.319 e. The number of nitrogens with zero attached hydrogens (tertiary/aromatic N) is 1. The summed E-state index contributed by atoms with van der Waals surface area (Å²) in [5.41, 5.74) is 2.51. The summed E-state index contributed by atoms with van der Waals surface area (Å²) in [6.45, 7) is 0.372. The Hall–Kier alpha value is -2.43. The number of hydrogen-bond acceptors (Lipinski definition) is 4. The van der Waals surface area contributed by atoms with Crippen molar-refractivity contribution in [3.05, 3.63) is 87.1 Å². The first-order chi connectivity index (χ1) is 14.3. The van der Waals surface area contributed by atoms with Crippen LogP contribution < -0.4 is 15.4 Å². The van der Waals surface area contributed by atoms with Gasteiger partial charge in [0.05, 0.1) is 5.75 Å². The first-order valence-electron chi connectivity index (χ1n) is 8.79. The Labute approximate surface area is 191 Å². The van der Waals surface area contributed by atoms with Crippen molar-refractivity contribution in [2.75, 3.05) is 10.0 Å². The summed E-state index contributed by atoms with van der Waals surface area (Å²) in [5.74, 6) is -0.188. The lowest BCUT2D eigenvalue weighted by Gasteiger charge is -2.12. The van der Waals surface area contributed by atoms with E-state index in [4.69, 9.17) is 0 Å². The van der Waals surface area contributed by atoms with Gasteiger partial charge in [0, 0.05) is 39.3 Å². The van der Waals surface area contributed by atoms with Gasteiger partial charge in [0.25, 0.3) is 0 Å². The molecule has 0 bridgehead atoms. The number of rotatable bonds is 7. The van der Waals surface area contributed by atoms with Crippen LogP contribution in [-0.2, 0) is 22.3 Å². The minimum Gasteiger partial charge on any atom is -0.334 e. The second-order valence-corrected chi connectivity index (χ2v) is 9.73. The Balaban J connectivity index is 1.56. The fourth-order valence-electron chi connectivity index (χ4n) is 2.56. The molecular weight excluding hydrogens is 536 g/mol. The van der Waals surface area contributed by atoms with Crippen LogP contribution in [0.3, 0.4) is 0 Å². The van der Waals surface area contributed by atoms with Crippen molar-refractivity contribution >= 4 is 59.3 Å². The Kier molecular flexibility index (Phi) is 7.46. The average molecular weight is 554 g/mol. The summed E-state index contributed by atoms with van der Waals surface area (Å²) in [7, 11) is -3.62. The third-order valence-electron chi connectivity index (χ3n) is 4.01. The molecule has 2 amide bonds. The summed E-state index contributed by atoms with van der Waals surface area (Å²) in [6, 6.07) is 15.1. The SMILES string of the molecule is O=C(NCc1ccncc1)Nc1ccc(NS(=O)(=O)Cc2c(Br)cccc2Br)cc1. The van der Waals surface area contributed by atoms with Crippen molar-refractivity contribution in [1.29, 1.82) is 0 Å². The molecule has 7 nitrogen and oxygen atoms in total. The molecule has 0 fully saturated rings. The van der Waals surface area contributed by atoms with Crippen molar-refractivity contribution < 1.29 is 13.2 Å². The van der Waals surface area contributed by atoms with E-state index in [0.717, 1.165) is 5.56 Å². The molecule has 2 aromatic carbocycles. The maximum atomic E-state index is 12.5. The highest BCUT2D eigenvalue weighted by molar-refractivity contribution is 9.11. The number of halogens is 2. The molecular formula is C20H18Br2N4O3S. The number of carbonyl (C=O) groups excluding carboxylic acids is 1. The van der Waals surface area contributed by atoms with Crippen LogP contribution in [0.1, 0.15) is 11.1 Å². The molecule has 0 atom stereocenters. The first kappa shape index (κ1) is 22.3. The van der Waals surface area contributed by atoms with Crippen LogP contribution in [0.25, 0.3) is 0 Å². The van der Waals surface area contributed by atoms with E-state index in [-0.39, 0.29) is 11.8 Å². The van der Waals surface area contributed by atoms with Crippen molar-refractivity contribution in [2.45, 2.75) is 12.3 Å². The van der Waals surface area contributed by atoms with E-state index in [1.165, 1.54) is 0 Å². The monoisotopic (exact) mass is 552 g/mol. The number of pyridine rings is 1. The lowest BCUT2D eigenvalue weighted by Crippen LogP contribution is -2.28. The summed E-state index contributed by atoms with van der Waals surface area (Å²) >= 11 is 6.75. The third-order valence-corrected chi connectivity index (χ3v) is 6.72. The molecule has 0 aliphatic carbocycles. The second-order valence-electron chi connectivity index (χ2n) is 6.30. The molecule has 10 heteroatoms. The van der Waals surface area contributed by atoms with Gasteiger partial charge >= 0.3 is 6.03 Å². The molecule has 1 heterocycles. The van der Waals surface area contributed by atoms with E-state index in [2.05, 4.69) is 52.2 Å². The smallest absolute Gasteiger partial charge is 0.319 e. The molecule has 0 saturated carbocycles. The Morgan fingerprint density at radius 3 is 2.13 bits per heavy atom. The van der Waals surface area contributed by atoms with E-state index in [9.17, 15) is 13.2 Å². The maximum absolute atomic E-state index is 12.5. The highest BCUT2D eigenvalue weighted by Gasteiger charge is 2.16. The number of amides is 2. The van der Waals surface area contributed by atoms with Gasteiger partial charge in [-0.05, 0) is 59.7 Å². The normalized spacial score (nSPS) is 11.0. The van der Waals surface area contributed by atoms with Gasteiger partial charge in [0.1, 0.15) is 0 Å². The average Bonchev–Trinajstić information content (AvgIpc) is 2.71. The molecule has 3 aromatic rings. The van der Waals surface area contributed by atoms with Crippen molar-refractivity contribution in [3.63, 3.8) is 0 Å². The lowest BCUT2D eigenvalue weighted by atomic mass is 10.2. The van der Waals surface area contributed by atoms with Crippen LogP contribution in [0.15, 0.2) is 75.9 Å². The second kappa shape index (κ2) is 10.1. The molecule has 0 spiro atoms. The van der Waals surface area contributed by atoms with Gasteiger partial charge in [-0.25, -0.2) is 13.2 Å². The van der Waals surface area contributed by atoms with Gasteiger partial charge in [0.15, 0.2) is 0 Å². The fourth-order valence-corrected chi connectivity index (χ4v) is 5.46. The molecule has 0 radical (unpaired) electrons. The number of nitrogens with one attached hydrogen (secondary N) is 3. The molecule has 3 N–H and O–H groups in total. The Bertz CT molecular complexity index is 1100. The predicted molar refractivity (Wildman–Crippen MR) is 125 cm³/mol. The Morgan fingerprint density at radius 2 is 1.50 bits per heavy atom. The molecule has 0 saturated heterocycles. The number of urea groups is 1.